The zero-order valence-corrected chi connectivity index (χ0v) is 7.87. The molecule has 0 fully saturated rings. The highest BCUT2D eigenvalue weighted by Gasteiger charge is 2.08. The van der Waals surface area contributed by atoms with Gasteiger partial charge in [0.15, 0.2) is 0 Å². The van der Waals surface area contributed by atoms with E-state index in [0.717, 1.165) is 16.6 Å². The summed E-state index contributed by atoms with van der Waals surface area (Å²) in [6.07, 6.45) is 0.496. The minimum absolute atomic E-state index is 0.0468. The SMILES string of the molecule is Cn1nc2ccc(F)cc2c1CCO. The molecule has 2 aromatic rings. The maximum absolute atomic E-state index is 13.0. The Bertz CT molecular complexity index is 464. The van der Waals surface area contributed by atoms with Gasteiger partial charge in [0.2, 0.25) is 0 Å². The molecular weight excluding hydrogens is 183 g/mol. The quantitative estimate of drug-likeness (QED) is 0.781. The van der Waals surface area contributed by atoms with Crippen LogP contribution in [0.1, 0.15) is 5.69 Å². The Morgan fingerprint density at radius 1 is 1.50 bits per heavy atom. The largest absolute Gasteiger partial charge is 0.396 e. The lowest BCUT2D eigenvalue weighted by atomic mass is 10.1. The van der Waals surface area contributed by atoms with Crippen molar-refractivity contribution in [3.05, 3.63) is 29.7 Å². The van der Waals surface area contributed by atoms with Gasteiger partial charge in [0, 0.05) is 31.2 Å². The maximum atomic E-state index is 13.0. The summed E-state index contributed by atoms with van der Waals surface area (Å²) in [5.74, 6) is -0.273. The van der Waals surface area contributed by atoms with Crippen LogP contribution in [-0.2, 0) is 13.5 Å². The van der Waals surface area contributed by atoms with Gasteiger partial charge in [-0.25, -0.2) is 4.39 Å². The molecule has 1 aromatic heterocycles. The molecular formula is C10H11FN2O. The highest BCUT2D eigenvalue weighted by atomic mass is 19.1. The molecule has 2 rings (SSSR count). The van der Waals surface area contributed by atoms with Crippen molar-refractivity contribution in [2.45, 2.75) is 6.42 Å². The van der Waals surface area contributed by atoms with Crippen molar-refractivity contribution in [1.29, 1.82) is 0 Å². The first-order chi connectivity index (χ1) is 6.72. The monoisotopic (exact) mass is 194 g/mol. The smallest absolute Gasteiger partial charge is 0.124 e. The Morgan fingerprint density at radius 3 is 3.00 bits per heavy atom. The Morgan fingerprint density at radius 2 is 2.29 bits per heavy atom. The Balaban J connectivity index is 2.66. The predicted molar refractivity (Wildman–Crippen MR) is 51.5 cm³/mol. The minimum Gasteiger partial charge on any atom is -0.396 e. The number of rotatable bonds is 2. The zero-order chi connectivity index (χ0) is 10.1. The summed E-state index contributed by atoms with van der Waals surface area (Å²) in [5, 5.41) is 13.8. The van der Waals surface area contributed by atoms with Crippen LogP contribution in [0.25, 0.3) is 10.9 Å². The van der Waals surface area contributed by atoms with Gasteiger partial charge in [-0.3, -0.25) is 4.68 Å². The second-order valence-corrected chi connectivity index (χ2v) is 3.21. The lowest BCUT2D eigenvalue weighted by molar-refractivity contribution is 0.296. The van der Waals surface area contributed by atoms with Crippen LogP contribution in [0, 0.1) is 5.82 Å². The second kappa shape index (κ2) is 3.38. The molecule has 1 N–H and O–H groups in total. The van der Waals surface area contributed by atoms with Crippen LogP contribution in [0.15, 0.2) is 18.2 Å². The minimum atomic E-state index is -0.273. The first kappa shape index (κ1) is 9.15. The third-order valence-corrected chi connectivity index (χ3v) is 2.27. The summed E-state index contributed by atoms with van der Waals surface area (Å²) in [5.41, 5.74) is 1.62. The molecule has 0 atom stereocenters. The second-order valence-electron chi connectivity index (χ2n) is 3.21. The van der Waals surface area contributed by atoms with Crippen LogP contribution in [-0.4, -0.2) is 21.5 Å². The third-order valence-electron chi connectivity index (χ3n) is 2.27. The molecule has 0 aliphatic heterocycles. The molecule has 0 spiro atoms. The first-order valence-corrected chi connectivity index (χ1v) is 4.44. The molecule has 0 unspecified atom stereocenters. The maximum Gasteiger partial charge on any atom is 0.124 e. The number of benzene rings is 1. The summed E-state index contributed by atoms with van der Waals surface area (Å²) < 4.78 is 14.6. The first-order valence-electron chi connectivity index (χ1n) is 4.44. The lowest BCUT2D eigenvalue weighted by Crippen LogP contribution is -2.00. The number of aromatic nitrogens is 2. The van der Waals surface area contributed by atoms with Gasteiger partial charge in [0.25, 0.3) is 0 Å². The number of aliphatic hydroxyl groups excluding tert-OH is 1. The van der Waals surface area contributed by atoms with Gasteiger partial charge in [-0.1, -0.05) is 0 Å². The van der Waals surface area contributed by atoms with Gasteiger partial charge in [0.05, 0.1) is 5.52 Å². The average molecular weight is 194 g/mol. The van der Waals surface area contributed by atoms with E-state index in [1.54, 1.807) is 17.8 Å². The standard InChI is InChI=1S/C10H11FN2O/c1-13-10(4-5-14)8-6-7(11)2-3-9(8)12-13/h2-3,6,14H,4-5H2,1H3. The Kier molecular flexibility index (Phi) is 2.21. The summed E-state index contributed by atoms with van der Waals surface area (Å²) in [7, 11) is 1.79. The van der Waals surface area contributed by atoms with E-state index in [1.807, 2.05) is 0 Å². The van der Waals surface area contributed by atoms with Crippen LogP contribution < -0.4 is 0 Å². The molecule has 1 heterocycles. The molecule has 0 bridgehead atoms. The van der Waals surface area contributed by atoms with Crippen molar-refractivity contribution in [1.82, 2.24) is 9.78 Å². The summed E-state index contributed by atoms with van der Waals surface area (Å²) in [4.78, 5) is 0. The number of fused-ring (bicyclic) bond motifs is 1. The number of nitrogens with zero attached hydrogens (tertiary/aromatic N) is 2. The predicted octanol–water partition coefficient (Wildman–Crippen LogP) is 1.25. The van der Waals surface area contributed by atoms with E-state index in [4.69, 9.17) is 5.11 Å². The molecule has 0 aliphatic rings. The van der Waals surface area contributed by atoms with Crippen LogP contribution in [0.2, 0.25) is 0 Å². The van der Waals surface area contributed by atoms with Crippen molar-refractivity contribution in [2.75, 3.05) is 6.61 Å². The number of hydrogen-bond donors (Lipinski definition) is 1. The third kappa shape index (κ3) is 1.37. The van der Waals surface area contributed by atoms with Crippen molar-refractivity contribution in [3.8, 4) is 0 Å². The zero-order valence-electron chi connectivity index (χ0n) is 7.87. The average Bonchev–Trinajstić information content (AvgIpc) is 2.45. The van der Waals surface area contributed by atoms with Crippen molar-refractivity contribution in [3.63, 3.8) is 0 Å². The van der Waals surface area contributed by atoms with Crippen LogP contribution in [0.5, 0.6) is 0 Å². The summed E-state index contributed by atoms with van der Waals surface area (Å²) in [6.45, 7) is 0.0468. The van der Waals surface area contributed by atoms with Gasteiger partial charge in [-0.05, 0) is 18.2 Å². The van der Waals surface area contributed by atoms with Crippen molar-refractivity contribution in [2.24, 2.45) is 7.05 Å². The van der Waals surface area contributed by atoms with Gasteiger partial charge in [0.1, 0.15) is 5.82 Å². The molecule has 4 heteroatoms. The van der Waals surface area contributed by atoms with E-state index in [9.17, 15) is 4.39 Å². The molecule has 3 nitrogen and oxygen atoms in total. The molecule has 0 radical (unpaired) electrons. The normalized spacial score (nSPS) is 11.1. The molecule has 14 heavy (non-hydrogen) atoms. The number of halogens is 1. The number of aryl methyl sites for hydroxylation is 1. The molecule has 0 aliphatic carbocycles. The lowest BCUT2D eigenvalue weighted by Gasteiger charge is -1.98. The molecule has 0 amide bonds. The van der Waals surface area contributed by atoms with E-state index < -0.39 is 0 Å². The number of hydrogen-bond acceptors (Lipinski definition) is 2. The van der Waals surface area contributed by atoms with Crippen LogP contribution >= 0.6 is 0 Å². The van der Waals surface area contributed by atoms with Crippen LogP contribution in [0.3, 0.4) is 0 Å². The Labute approximate surface area is 80.8 Å². The molecule has 0 saturated heterocycles. The van der Waals surface area contributed by atoms with Crippen LogP contribution in [0.4, 0.5) is 4.39 Å². The van der Waals surface area contributed by atoms with E-state index in [2.05, 4.69) is 5.10 Å². The molecule has 0 saturated carbocycles. The fourth-order valence-corrected chi connectivity index (χ4v) is 1.63. The van der Waals surface area contributed by atoms with E-state index >= 15 is 0 Å². The highest BCUT2D eigenvalue weighted by molar-refractivity contribution is 5.81. The fourth-order valence-electron chi connectivity index (χ4n) is 1.63. The van der Waals surface area contributed by atoms with Gasteiger partial charge in [-0.15, -0.1) is 0 Å². The molecule has 1 aromatic carbocycles. The summed E-state index contributed by atoms with van der Waals surface area (Å²) >= 11 is 0. The van der Waals surface area contributed by atoms with E-state index in [1.165, 1.54) is 12.1 Å². The van der Waals surface area contributed by atoms with E-state index in [-0.39, 0.29) is 12.4 Å². The molecule has 74 valence electrons. The van der Waals surface area contributed by atoms with Crippen molar-refractivity contribution >= 4 is 10.9 Å². The van der Waals surface area contributed by atoms with Gasteiger partial charge in [-0.2, -0.15) is 5.10 Å². The van der Waals surface area contributed by atoms with E-state index in [0.29, 0.717) is 6.42 Å². The fraction of sp³-hybridized carbons (Fsp3) is 0.300. The Hall–Kier alpha value is -1.42. The van der Waals surface area contributed by atoms with Gasteiger partial charge >= 0.3 is 0 Å². The summed E-state index contributed by atoms with van der Waals surface area (Å²) in [6, 6.07) is 4.48. The topological polar surface area (TPSA) is 38.0 Å². The van der Waals surface area contributed by atoms with Crippen molar-refractivity contribution < 1.29 is 9.50 Å². The number of aliphatic hydroxyl groups is 1. The van der Waals surface area contributed by atoms with Gasteiger partial charge < -0.3 is 5.11 Å². The highest BCUT2D eigenvalue weighted by Crippen LogP contribution is 2.19.